The van der Waals surface area contributed by atoms with Crippen LogP contribution >= 0.6 is 0 Å². The summed E-state index contributed by atoms with van der Waals surface area (Å²) in [5.41, 5.74) is 1.04. The maximum atomic E-state index is 13.2. The molecule has 0 spiro atoms. The van der Waals surface area contributed by atoms with Crippen molar-refractivity contribution in [1.82, 2.24) is 0 Å². The highest BCUT2D eigenvalue weighted by Gasteiger charge is 2.35. The molecule has 3 rings (SSSR count). The lowest BCUT2D eigenvalue weighted by molar-refractivity contribution is -0.158. The van der Waals surface area contributed by atoms with Crippen molar-refractivity contribution in [2.24, 2.45) is 0 Å². The van der Waals surface area contributed by atoms with Gasteiger partial charge < -0.3 is 18.9 Å². The van der Waals surface area contributed by atoms with E-state index < -0.39 is 11.8 Å². The third-order valence-corrected chi connectivity index (χ3v) is 5.49. The van der Waals surface area contributed by atoms with Crippen molar-refractivity contribution in [3.63, 3.8) is 0 Å². The van der Waals surface area contributed by atoms with E-state index >= 15 is 0 Å². The van der Waals surface area contributed by atoms with Gasteiger partial charge in [0.05, 0.1) is 39.9 Å². The van der Waals surface area contributed by atoms with Crippen LogP contribution in [0.4, 0.5) is 0 Å². The van der Waals surface area contributed by atoms with Crippen LogP contribution in [0.3, 0.4) is 0 Å². The first-order valence-electron chi connectivity index (χ1n) is 10.3. The Kier molecular flexibility index (Phi) is 7.37. The highest BCUT2D eigenvalue weighted by Crippen LogP contribution is 2.33. The Labute approximate surface area is 186 Å². The molecule has 32 heavy (non-hydrogen) atoms. The number of esters is 1. The first-order chi connectivity index (χ1) is 15.3. The minimum absolute atomic E-state index is 0.0470. The van der Waals surface area contributed by atoms with E-state index in [-0.39, 0.29) is 65.5 Å². The molecule has 0 saturated carbocycles. The van der Waals surface area contributed by atoms with Crippen LogP contribution < -0.4 is 0 Å². The van der Waals surface area contributed by atoms with Gasteiger partial charge >= 0.3 is 5.97 Å². The summed E-state index contributed by atoms with van der Waals surface area (Å²) >= 11 is 0. The lowest BCUT2D eigenvalue weighted by Crippen LogP contribution is -2.29. The maximum absolute atomic E-state index is 13.2. The standard InChI is InChI=1S/C24H26O8/c1-24(31-10-11-32-24)14-15(25)8-9-19-20(12-16(29-2)13-21(26)30-3)23(28)18-7-5-4-6-17(18)22(19)27/h4-7,13H,8-12,14H2,1-3H3/b16-13+. The van der Waals surface area contributed by atoms with Gasteiger partial charge in [-0.3, -0.25) is 14.4 Å². The molecule has 0 aromatic heterocycles. The molecule has 1 saturated heterocycles. The molecule has 0 atom stereocenters. The van der Waals surface area contributed by atoms with Crippen LogP contribution in [-0.2, 0) is 28.5 Å². The van der Waals surface area contributed by atoms with Gasteiger partial charge in [0, 0.05) is 35.1 Å². The summed E-state index contributed by atoms with van der Waals surface area (Å²) in [6.07, 6.45) is 1.24. The third kappa shape index (κ3) is 5.20. The second kappa shape index (κ2) is 10.0. The Morgan fingerprint density at radius 3 is 2.16 bits per heavy atom. The fourth-order valence-electron chi connectivity index (χ4n) is 3.85. The average molecular weight is 442 g/mol. The van der Waals surface area contributed by atoms with Crippen LogP contribution in [-0.4, -0.2) is 56.5 Å². The molecular weight excluding hydrogens is 416 g/mol. The highest BCUT2D eigenvalue weighted by molar-refractivity contribution is 6.27. The number of benzene rings is 1. The Balaban J connectivity index is 1.89. The second-order valence-electron chi connectivity index (χ2n) is 7.72. The Morgan fingerprint density at radius 2 is 1.59 bits per heavy atom. The Bertz CT molecular complexity index is 995. The molecular formula is C24H26O8. The van der Waals surface area contributed by atoms with Crippen molar-refractivity contribution in [3.8, 4) is 0 Å². The second-order valence-corrected chi connectivity index (χ2v) is 7.72. The van der Waals surface area contributed by atoms with Gasteiger partial charge in [-0.1, -0.05) is 24.3 Å². The van der Waals surface area contributed by atoms with Gasteiger partial charge in [0.15, 0.2) is 17.4 Å². The van der Waals surface area contributed by atoms with Crippen molar-refractivity contribution >= 4 is 23.3 Å². The van der Waals surface area contributed by atoms with Crippen LogP contribution in [0.2, 0.25) is 0 Å². The predicted molar refractivity (Wildman–Crippen MR) is 113 cm³/mol. The zero-order chi connectivity index (χ0) is 23.3. The summed E-state index contributed by atoms with van der Waals surface area (Å²) in [6, 6.07) is 6.55. The van der Waals surface area contributed by atoms with Gasteiger partial charge in [-0.05, 0) is 13.3 Å². The number of hydrogen-bond acceptors (Lipinski definition) is 8. The van der Waals surface area contributed by atoms with Crippen molar-refractivity contribution in [2.45, 2.75) is 38.4 Å². The number of carbonyl (C=O) groups excluding carboxylic acids is 4. The quantitative estimate of drug-likeness (QED) is 0.327. The number of fused-ring (bicyclic) bond motifs is 1. The van der Waals surface area contributed by atoms with Gasteiger partial charge in [-0.2, -0.15) is 0 Å². The van der Waals surface area contributed by atoms with Crippen molar-refractivity contribution < 1.29 is 38.1 Å². The van der Waals surface area contributed by atoms with Gasteiger partial charge in [0.2, 0.25) is 0 Å². The average Bonchev–Trinajstić information content (AvgIpc) is 3.21. The van der Waals surface area contributed by atoms with Gasteiger partial charge in [-0.25, -0.2) is 4.79 Å². The molecule has 8 nitrogen and oxygen atoms in total. The molecule has 2 aliphatic rings. The van der Waals surface area contributed by atoms with Crippen molar-refractivity contribution in [1.29, 1.82) is 0 Å². The molecule has 8 heteroatoms. The molecule has 1 aromatic carbocycles. The molecule has 0 amide bonds. The number of ketones is 3. The highest BCUT2D eigenvalue weighted by atomic mass is 16.7. The van der Waals surface area contributed by atoms with E-state index in [9.17, 15) is 19.2 Å². The lowest BCUT2D eigenvalue weighted by Gasteiger charge is -2.23. The van der Waals surface area contributed by atoms with E-state index in [2.05, 4.69) is 4.74 Å². The molecule has 0 bridgehead atoms. The van der Waals surface area contributed by atoms with Crippen LogP contribution in [0.25, 0.3) is 0 Å². The van der Waals surface area contributed by atoms with Crippen LogP contribution in [0.1, 0.15) is 53.3 Å². The number of carbonyl (C=O) groups is 4. The van der Waals surface area contributed by atoms with Crippen LogP contribution in [0, 0.1) is 0 Å². The first-order valence-corrected chi connectivity index (χ1v) is 10.3. The van der Waals surface area contributed by atoms with E-state index in [4.69, 9.17) is 14.2 Å². The SMILES string of the molecule is COC(=O)/C=C(\CC1=C(CCC(=O)CC2(C)OCCO2)C(=O)c2ccccc2C1=O)OC. The summed E-state index contributed by atoms with van der Waals surface area (Å²) in [4.78, 5) is 50.7. The fraction of sp³-hybridized carbons (Fsp3) is 0.417. The van der Waals surface area contributed by atoms with E-state index in [0.717, 1.165) is 6.08 Å². The third-order valence-electron chi connectivity index (χ3n) is 5.49. The van der Waals surface area contributed by atoms with Crippen LogP contribution in [0.5, 0.6) is 0 Å². The molecule has 0 radical (unpaired) electrons. The topological polar surface area (TPSA) is 105 Å². The molecule has 1 aliphatic carbocycles. The van der Waals surface area contributed by atoms with Gasteiger partial charge in [0.25, 0.3) is 0 Å². The summed E-state index contributed by atoms with van der Waals surface area (Å²) in [7, 11) is 2.59. The number of Topliss-reactive ketones (excluding diaryl/α,β-unsaturated/α-hetero) is 3. The van der Waals surface area contributed by atoms with Crippen molar-refractivity contribution in [2.75, 3.05) is 27.4 Å². The summed E-state index contributed by atoms with van der Waals surface area (Å²) in [5, 5.41) is 0. The largest absolute Gasteiger partial charge is 0.500 e. The fourth-order valence-corrected chi connectivity index (χ4v) is 3.85. The lowest BCUT2D eigenvalue weighted by atomic mass is 9.80. The summed E-state index contributed by atoms with van der Waals surface area (Å²) in [6.45, 7) is 2.56. The Morgan fingerprint density at radius 1 is 1.00 bits per heavy atom. The number of methoxy groups -OCH3 is 2. The number of ether oxygens (including phenoxy) is 4. The molecule has 0 unspecified atom stereocenters. The van der Waals surface area contributed by atoms with Gasteiger partial charge in [0.1, 0.15) is 11.5 Å². The van der Waals surface area contributed by atoms with E-state index in [1.807, 2.05) is 0 Å². The predicted octanol–water partition coefficient (Wildman–Crippen LogP) is 2.96. The number of rotatable bonds is 9. The van der Waals surface area contributed by atoms with E-state index in [1.165, 1.54) is 14.2 Å². The smallest absolute Gasteiger partial charge is 0.333 e. The van der Waals surface area contributed by atoms with E-state index in [1.54, 1.807) is 31.2 Å². The Hall–Kier alpha value is -3.10. The van der Waals surface area contributed by atoms with Crippen molar-refractivity contribution in [3.05, 3.63) is 58.4 Å². The minimum atomic E-state index is -0.959. The molecule has 1 aliphatic heterocycles. The normalized spacial score (nSPS) is 17.9. The summed E-state index contributed by atoms with van der Waals surface area (Å²) in [5.74, 6) is -2.20. The molecule has 1 fully saturated rings. The molecule has 1 aromatic rings. The van der Waals surface area contributed by atoms with Crippen LogP contribution in [0.15, 0.2) is 47.2 Å². The monoisotopic (exact) mass is 442 g/mol. The zero-order valence-electron chi connectivity index (χ0n) is 18.4. The number of hydrogen-bond donors (Lipinski definition) is 0. The first kappa shape index (κ1) is 23.6. The maximum Gasteiger partial charge on any atom is 0.333 e. The van der Waals surface area contributed by atoms with Gasteiger partial charge in [-0.15, -0.1) is 0 Å². The molecule has 0 N–H and O–H groups in total. The van der Waals surface area contributed by atoms with E-state index in [0.29, 0.717) is 18.8 Å². The minimum Gasteiger partial charge on any atom is -0.500 e. The molecule has 1 heterocycles. The number of allylic oxidation sites excluding steroid dienone is 2. The summed E-state index contributed by atoms with van der Waals surface area (Å²) < 4.78 is 20.8. The molecule has 170 valence electrons. The zero-order valence-corrected chi connectivity index (χ0v) is 18.4.